The summed E-state index contributed by atoms with van der Waals surface area (Å²) >= 11 is 14.4. The van der Waals surface area contributed by atoms with E-state index < -0.39 is 272 Å². The van der Waals surface area contributed by atoms with E-state index in [0.717, 1.165) is 72.8 Å². The smallest absolute Gasteiger partial charge is 0.416 e. The van der Waals surface area contributed by atoms with Gasteiger partial charge in [-0.3, -0.25) is 38.4 Å². The van der Waals surface area contributed by atoms with E-state index in [-0.39, 0.29) is 52.7 Å². The Morgan fingerprint density at radius 2 is 1.35 bits per heavy atom. The Balaban J connectivity index is 1.03. The van der Waals surface area contributed by atoms with Crippen LogP contribution in [0.4, 0.5) is 24.5 Å². The standard InChI is InChI=1S/C83H90Cl2F3N11O25/c1-33(2)17-49(90-5)74(111)97-64-66(105)37-12-15-53(47(84)22-37)120-55-24-39-25-56(71(55)124-81-69(108)68(107)67(106)57(32-100)122-81)121-54-16-13-38(23-48(54)85)70(123-59-30-82(4,72(109)34(3)119-59)91-31-35-9-8-10-42(18-35)92-73(110)40-19-41(83(86,87)88)26-43(20-40)99(6)7)65-79(116)96-63(80(117)118)46-27-44(101)28-52(103)60(46)45-21-36(11-14-51(45)102)61(76(113)98-65)95-77(114)62(39)94-75(112)50(29-58(89)104)93-78(64)115/h8-16,18-28,33-34,49-50,57,59,61-70,72,81,90-91,100-103,105-109H,17,29-32H2,1-7H3,(H2,89,104)(H,92,110)(H,93,115)(H,94,112)(H,95,114)(H,96,116)(H,97,111)(H,98,113)(H,117,118)/t34-,49-,50-,57?,59+,61-,62?,63+,64+,65+,66+,67+,68+,69+,70-,72+,81?,82?/m0/s1. The summed E-state index contributed by atoms with van der Waals surface area (Å²) in [7, 11) is 4.47. The second-order valence-corrected chi connectivity index (χ2v) is 32.1. The Morgan fingerprint density at radius 3 is 1.98 bits per heavy atom. The van der Waals surface area contributed by atoms with Gasteiger partial charge < -0.3 is 138 Å². The number of aliphatic hydroxyl groups is 6. The van der Waals surface area contributed by atoms with Gasteiger partial charge in [0.1, 0.15) is 95.6 Å². The number of carbonyl (C=O) groups is 9. The minimum Gasteiger partial charge on any atom is -0.508 e. The summed E-state index contributed by atoms with van der Waals surface area (Å²) in [5.74, 6) is -17.6. The maximum atomic E-state index is 16.4. The molecule has 7 aromatic rings. The van der Waals surface area contributed by atoms with Gasteiger partial charge in [0, 0.05) is 72.3 Å². The third-order valence-corrected chi connectivity index (χ3v) is 22.2. The number of aromatic hydroxyl groups is 3. The zero-order chi connectivity index (χ0) is 90.2. The van der Waals surface area contributed by atoms with Gasteiger partial charge in [-0.1, -0.05) is 67.4 Å². The van der Waals surface area contributed by atoms with Crippen LogP contribution in [0.3, 0.4) is 0 Å². The Hall–Kier alpha value is -11.7. The predicted octanol–water partition coefficient (Wildman–Crippen LogP) is 4.27. The van der Waals surface area contributed by atoms with Gasteiger partial charge in [0.2, 0.25) is 53.4 Å². The number of amides is 8. The number of anilines is 2. The fraction of sp³-hybridized carbons (Fsp3) is 0.386. The molecule has 0 aromatic heterocycles. The topological polar surface area (TPSA) is 549 Å². The molecular weight excluding hydrogens is 1680 g/mol. The lowest BCUT2D eigenvalue weighted by Gasteiger charge is -2.47. The van der Waals surface area contributed by atoms with Gasteiger partial charge in [0.15, 0.2) is 23.8 Å². The minimum absolute atomic E-state index is 0.0911. The molecule has 41 heteroatoms. The second kappa shape index (κ2) is 37.4. The quantitative estimate of drug-likeness (QED) is 0.0537. The first-order chi connectivity index (χ1) is 58.5. The molecule has 18 atom stereocenters. The number of carboxylic acids is 1. The van der Waals surface area contributed by atoms with Crippen LogP contribution < -0.4 is 72.7 Å². The van der Waals surface area contributed by atoms with Crippen molar-refractivity contribution in [2.24, 2.45) is 11.7 Å². The number of rotatable bonds is 19. The lowest BCUT2D eigenvalue weighted by atomic mass is 9.84. The molecule has 7 heterocycles. The fourth-order valence-corrected chi connectivity index (χ4v) is 15.5. The number of nitrogens with two attached hydrogens (primary N) is 1. The molecule has 0 aliphatic carbocycles. The zero-order valence-electron chi connectivity index (χ0n) is 67.0. The van der Waals surface area contributed by atoms with Crippen molar-refractivity contribution in [2.45, 2.75) is 169 Å². The van der Waals surface area contributed by atoms with Crippen LogP contribution in [-0.4, -0.2) is 211 Å². The van der Waals surface area contributed by atoms with Crippen molar-refractivity contribution in [3.8, 4) is 57.1 Å². The minimum atomic E-state index is -4.81. The number of fused-ring (bicyclic) bond motifs is 15. The summed E-state index contributed by atoms with van der Waals surface area (Å²) < 4.78 is 81.1. The van der Waals surface area contributed by atoms with Crippen LogP contribution in [0.15, 0.2) is 121 Å². The largest absolute Gasteiger partial charge is 0.508 e. The molecule has 8 amide bonds. The molecule has 2 fully saturated rings. The first-order valence-corrected chi connectivity index (χ1v) is 39.5. The normalized spacial score (nSPS) is 26.2. The van der Waals surface area contributed by atoms with Crippen LogP contribution in [-0.2, 0) is 65.3 Å². The molecule has 662 valence electrons. The monoisotopic (exact) mass is 1770 g/mol. The number of aliphatic hydroxyl groups excluding tert-OH is 6. The van der Waals surface area contributed by atoms with Gasteiger partial charge in [-0.15, -0.1) is 0 Å². The highest BCUT2D eigenvalue weighted by Gasteiger charge is 2.50. The van der Waals surface area contributed by atoms with E-state index in [1.165, 1.54) is 63.3 Å². The maximum absolute atomic E-state index is 16.4. The van der Waals surface area contributed by atoms with Gasteiger partial charge in [-0.25, -0.2) is 4.79 Å². The summed E-state index contributed by atoms with van der Waals surface area (Å²) in [6, 6.07) is 7.80. The van der Waals surface area contributed by atoms with E-state index in [1.54, 1.807) is 32.9 Å². The highest BCUT2D eigenvalue weighted by molar-refractivity contribution is 6.32. The van der Waals surface area contributed by atoms with Crippen molar-refractivity contribution in [1.29, 1.82) is 0 Å². The number of carboxylic acid groups (broad SMARTS) is 1. The molecule has 11 bridgehead atoms. The molecule has 36 nitrogen and oxygen atoms in total. The van der Waals surface area contributed by atoms with Crippen LogP contribution in [0.2, 0.25) is 10.0 Å². The highest BCUT2D eigenvalue weighted by atomic mass is 35.5. The number of benzene rings is 7. The molecule has 21 N–H and O–H groups in total. The molecule has 7 aliphatic rings. The Kier molecular flexibility index (Phi) is 27.6. The number of hydrogen-bond acceptors (Lipinski definition) is 27. The summed E-state index contributed by atoms with van der Waals surface area (Å²) in [5, 5.41) is 138. The number of aliphatic carboxylic acids is 1. The van der Waals surface area contributed by atoms with Crippen molar-refractivity contribution >= 4 is 87.8 Å². The molecule has 2 saturated heterocycles. The Morgan fingerprint density at radius 1 is 0.710 bits per heavy atom. The SMILES string of the molecule is CN[C@@H](CC(C)C)C(=O)N[C@H]1C(=O)N[C@@H](CC(N)=O)C(=O)NC2C(=O)N[C@@H]3C(=O)N[C@@H](C(=O)N[C@@H](C(=O)O)c4cc(O)cc(O)c4-c4cc3ccc4O)[C@@H](O[C@@H]3CC(C)(NCc4cccc(NC(=O)c5cc(N(C)C)cc(C(F)(F)F)c5)c4)[C@H](O)[C@H](C)O3)c3ccc(c(Cl)c3)Oc3cc2cc(c3OC2OC(CO)[C@@H](O)[C@@H](O)[C@H]2O)Oc2ccc(cc2Cl)[C@H]1O. The van der Waals surface area contributed by atoms with Crippen LogP contribution in [0.1, 0.15) is 127 Å². The van der Waals surface area contributed by atoms with E-state index in [9.17, 15) is 88.2 Å². The molecule has 7 aliphatic heterocycles. The van der Waals surface area contributed by atoms with Gasteiger partial charge >= 0.3 is 12.1 Å². The van der Waals surface area contributed by atoms with Crippen molar-refractivity contribution in [2.75, 3.05) is 38.0 Å². The number of phenolic OH excluding ortho intramolecular Hbond substituents is 3. The van der Waals surface area contributed by atoms with E-state index in [1.807, 2.05) is 0 Å². The van der Waals surface area contributed by atoms with Gasteiger partial charge in [0.05, 0.1) is 46.9 Å². The van der Waals surface area contributed by atoms with E-state index in [0.29, 0.717) is 11.6 Å². The molecule has 0 radical (unpaired) electrons. The number of likely N-dealkylation sites (N-methyl/N-ethyl adjacent to an activating group) is 1. The Labute approximate surface area is 714 Å². The molecule has 124 heavy (non-hydrogen) atoms. The molecule has 0 spiro atoms. The number of primary amides is 1. The summed E-state index contributed by atoms with van der Waals surface area (Å²) in [6.07, 6.45) is -24.8. The maximum Gasteiger partial charge on any atom is 0.416 e. The molecule has 0 saturated carbocycles. The molecule has 14 rings (SSSR count). The first-order valence-electron chi connectivity index (χ1n) is 38.7. The average Bonchev–Trinajstić information content (AvgIpc) is 0.802. The summed E-state index contributed by atoms with van der Waals surface area (Å²) in [4.78, 5) is 136. The highest BCUT2D eigenvalue weighted by Crippen LogP contribution is 2.50. The van der Waals surface area contributed by atoms with E-state index in [2.05, 4.69) is 47.9 Å². The number of phenols is 3. The third-order valence-electron chi connectivity index (χ3n) is 21.6. The summed E-state index contributed by atoms with van der Waals surface area (Å²) in [5.41, 5.74) is 0.471. The van der Waals surface area contributed by atoms with E-state index >= 15 is 19.2 Å². The number of carbonyl (C=O) groups excluding carboxylic acids is 8. The predicted molar refractivity (Wildman–Crippen MR) is 432 cm³/mol. The van der Waals surface area contributed by atoms with Crippen LogP contribution >= 0.6 is 23.2 Å². The van der Waals surface area contributed by atoms with Gasteiger partial charge in [0.25, 0.3) is 5.91 Å². The van der Waals surface area contributed by atoms with Gasteiger partial charge in [-0.2, -0.15) is 13.2 Å². The summed E-state index contributed by atoms with van der Waals surface area (Å²) in [6.45, 7) is 5.48. The van der Waals surface area contributed by atoms with E-state index in [4.69, 9.17) is 57.4 Å². The molecule has 7 aromatic carbocycles. The lowest BCUT2D eigenvalue weighted by molar-refractivity contribution is -0.277. The second-order valence-electron chi connectivity index (χ2n) is 31.3. The molecular formula is C83H90Cl2F3N11O25. The third kappa shape index (κ3) is 20.1. The number of hydrogen-bond donors (Lipinski definition) is 20. The lowest BCUT2D eigenvalue weighted by Crippen LogP contribution is -2.63. The van der Waals surface area contributed by atoms with Crippen molar-refractivity contribution in [1.82, 2.24) is 42.5 Å². The Bertz CT molecular complexity index is 5310. The number of nitrogens with zero attached hydrogens (tertiary/aromatic N) is 1. The molecule has 4 unspecified atom stereocenters. The average molecular weight is 1770 g/mol. The van der Waals surface area contributed by atoms with Crippen LogP contribution in [0.5, 0.6) is 46.0 Å². The number of nitrogens with one attached hydrogen (secondary N) is 9. The zero-order valence-corrected chi connectivity index (χ0v) is 68.5. The van der Waals surface area contributed by atoms with Gasteiger partial charge in [-0.05, 0) is 146 Å². The van der Waals surface area contributed by atoms with Crippen molar-refractivity contribution in [3.63, 3.8) is 0 Å². The fourth-order valence-electron chi connectivity index (χ4n) is 15.1. The number of ether oxygens (including phenoxy) is 6. The van der Waals surface area contributed by atoms with Crippen LogP contribution in [0, 0.1) is 5.92 Å². The number of alkyl halides is 3. The number of halogens is 5. The van der Waals surface area contributed by atoms with Crippen LogP contribution in [0.25, 0.3) is 11.1 Å². The first kappa shape index (κ1) is 91.5. The van der Waals surface area contributed by atoms with Crippen molar-refractivity contribution in [3.05, 3.63) is 176 Å². The van der Waals surface area contributed by atoms with Crippen molar-refractivity contribution < 1.29 is 136 Å².